The van der Waals surface area contributed by atoms with E-state index in [1.54, 1.807) is 0 Å². The maximum Gasteiger partial charge on any atom is 0.251 e. The highest BCUT2D eigenvalue weighted by molar-refractivity contribution is 5.94. The minimum absolute atomic E-state index is 0.0321. The van der Waals surface area contributed by atoms with Crippen LogP contribution in [0.15, 0.2) is 60.7 Å². The van der Waals surface area contributed by atoms with Crippen molar-refractivity contribution < 1.29 is 4.79 Å². The SMILES string of the molecule is CCCCCCNC(=O)c1ccc(Nc2ccc(-c3ccc(C)cc3)nn2)cc1. The number of unbranched alkanes of at least 4 members (excludes halogenated alkanes) is 3. The van der Waals surface area contributed by atoms with Gasteiger partial charge in [-0.25, -0.2) is 0 Å². The molecule has 0 radical (unpaired) electrons. The Labute approximate surface area is 172 Å². The molecule has 0 aliphatic carbocycles. The maximum absolute atomic E-state index is 12.2. The lowest BCUT2D eigenvalue weighted by atomic mass is 10.1. The Hall–Kier alpha value is -3.21. The van der Waals surface area contributed by atoms with Crippen LogP contribution in [0.5, 0.6) is 0 Å². The van der Waals surface area contributed by atoms with Gasteiger partial charge in [0.1, 0.15) is 0 Å². The van der Waals surface area contributed by atoms with Crippen molar-refractivity contribution in [2.45, 2.75) is 39.5 Å². The van der Waals surface area contributed by atoms with Crippen LogP contribution in [0.1, 0.15) is 48.5 Å². The normalized spacial score (nSPS) is 10.6. The smallest absolute Gasteiger partial charge is 0.251 e. The Bertz CT molecular complexity index is 903. The van der Waals surface area contributed by atoms with Crippen molar-refractivity contribution in [3.8, 4) is 11.3 Å². The van der Waals surface area contributed by atoms with Crippen LogP contribution in [0.25, 0.3) is 11.3 Å². The van der Waals surface area contributed by atoms with Gasteiger partial charge >= 0.3 is 0 Å². The van der Waals surface area contributed by atoms with Gasteiger partial charge in [-0.3, -0.25) is 4.79 Å². The number of carbonyl (C=O) groups is 1. The summed E-state index contributed by atoms with van der Waals surface area (Å²) in [5.41, 5.74) is 4.61. The summed E-state index contributed by atoms with van der Waals surface area (Å²) in [5.74, 6) is 0.629. The molecule has 1 amide bonds. The van der Waals surface area contributed by atoms with Crippen LogP contribution >= 0.6 is 0 Å². The predicted octanol–water partition coefficient (Wildman–Crippen LogP) is 5.51. The van der Waals surface area contributed by atoms with Crippen molar-refractivity contribution in [1.29, 1.82) is 0 Å². The van der Waals surface area contributed by atoms with Crippen molar-refractivity contribution in [3.05, 3.63) is 71.8 Å². The number of hydrogen-bond donors (Lipinski definition) is 2. The number of anilines is 2. The predicted molar refractivity (Wildman–Crippen MR) is 118 cm³/mol. The van der Waals surface area contributed by atoms with Crippen LogP contribution in [-0.4, -0.2) is 22.6 Å². The largest absolute Gasteiger partial charge is 0.352 e. The molecule has 3 rings (SSSR count). The second-order valence-electron chi connectivity index (χ2n) is 7.19. The Kier molecular flexibility index (Phi) is 7.34. The summed E-state index contributed by atoms with van der Waals surface area (Å²) in [4.78, 5) is 12.2. The first-order chi connectivity index (χ1) is 14.2. The van der Waals surface area contributed by atoms with Gasteiger partial charge in [-0.2, -0.15) is 0 Å². The highest BCUT2D eigenvalue weighted by atomic mass is 16.1. The molecular formula is C24H28N4O. The molecule has 0 aliphatic heterocycles. The Morgan fingerprint density at radius 2 is 1.62 bits per heavy atom. The maximum atomic E-state index is 12.2. The van der Waals surface area contributed by atoms with E-state index in [2.05, 4.69) is 46.8 Å². The lowest BCUT2D eigenvalue weighted by Crippen LogP contribution is -2.24. The fourth-order valence-corrected chi connectivity index (χ4v) is 2.99. The van der Waals surface area contributed by atoms with Crippen molar-refractivity contribution in [1.82, 2.24) is 15.5 Å². The zero-order valence-electron chi connectivity index (χ0n) is 17.1. The number of aromatic nitrogens is 2. The second-order valence-corrected chi connectivity index (χ2v) is 7.19. The molecule has 0 unspecified atom stereocenters. The van der Waals surface area contributed by atoms with E-state index in [9.17, 15) is 4.79 Å². The topological polar surface area (TPSA) is 66.9 Å². The van der Waals surface area contributed by atoms with Crippen LogP contribution in [0.4, 0.5) is 11.5 Å². The Morgan fingerprint density at radius 1 is 0.862 bits per heavy atom. The van der Waals surface area contributed by atoms with Crippen LogP contribution in [0.2, 0.25) is 0 Å². The highest BCUT2D eigenvalue weighted by Crippen LogP contribution is 2.20. The van der Waals surface area contributed by atoms with E-state index < -0.39 is 0 Å². The molecule has 2 aromatic carbocycles. The van der Waals surface area contributed by atoms with Crippen LogP contribution in [0.3, 0.4) is 0 Å². The van der Waals surface area contributed by atoms with Gasteiger partial charge in [0.15, 0.2) is 5.82 Å². The molecule has 1 aromatic heterocycles. The van der Waals surface area contributed by atoms with Gasteiger partial charge in [0.2, 0.25) is 0 Å². The molecule has 0 spiro atoms. The Balaban J connectivity index is 1.54. The summed E-state index contributed by atoms with van der Waals surface area (Å²) < 4.78 is 0. The zero-order valence-corrected chi connectivity index (χ0v) is 17.1. The molecule has 0 aliphatic rings. The van der Waals surface area contributed by atoms with Gasteiger partial charge in [-0.15, -0.1) is 10.2 Å². The number of nitrogens with zero attached hydrogens (tertiary/aromatic N) is 2. The molecule has 0 atom stereocenters. The molecule has 0 fully saturated rings. The number of amides is 1. The number of carbonyl (C=O) groups excluding carboxylic acids is 1. The van der Waals surface area contributed by atoms with Gasteiger partial charge in [-0.05, 0) is 49.7 Å². The fourth-order valence-electron chi connectivity index (χ4n) is 2.99. The van der Waals surface area contributed by atoms with E-state index in [0.29, 0.717) is 11.4 Å². The highest BCUT2D eigenvalue weighted by Gasteiger charge is 2.06. The molecule has 150 valence electrons. The number of rotatable bonds is 9. The third-order valence-electron chi connectivity index (χ3n) is 4.75. The van der Waals surface area contributed by atoms with Crippen LogP contribution in [0, 0.1) is 6.92 Å². The molecule has 0 bridgehead atoms. The van der Waals surface area contributed by atoms with Crippen molar-refractivity contribution in [2.24, 2.45) is 0 Å². The lowest BCUT2D eigenvalue weighted by molar-refractivity contribution is 0.0953. The van der Waals surface area contributed by atoms with E-state index >= 15 is 0 Å². The standard InChI is InChI=1S/C24H28N4O/c1-3-4-5-6-17-25-24(29)20-11-13-21(14-12-20)26-23-16-15-22(27-28-23)19-9-7-18(2)8-10-19/h7-16H,3-6,17H2,1-2H3,(H,25,29)(H,26,28). The van der Waals surface area contributed by atoms with Crippen LogP contribution < -0.4 is 10.6 Å². The minimum Gasteiger partial charge on any atom is -0.352 e. The van der Waals surface area contributed by atoms with Crippen molar-refractivity contribution in [3.63, 3.8) is 0 Å². The van der Waals surface area contributed by atoms with Crippen LogP contribution in [-0.2, 0) is 0 Å². The summed E-state index contributed by atoms with van der Waals surface area (Å²) in [6, 6.07) is 19.4. The molecule has 0 saturated heterocycles. The zero-order chi connectivity index (χ0) is 20.5. The molecule has 2 N–H and O–H groups in total. The Morgan fingerprint density at radius 3 is 2.28 bits per heavy atom. The van der Waals surface area contributed by atoms with E-state index in [-0.39, 0.29) is 5.91 Å². The second kappa shape index (κ2) is 10.4. The summed E-state index contributed by atoms with van der Waals surface area (Å²) in [5, 5.41) is 14.7. The summed E-state index contributed by atoms with van der Waals surface area (Å²) >= 11 is 0. The van der Waals surface area contributed by atoms with Gasteiger partial charge in [0.05, 0.1) is 5.69 Å². The van der Waals surface area contributed by atoms with Crippen molar-refractivity contribution >= 4 is 17.4 Å². The average molecular weight is 389 g/mol. The third-order valence-corrected chi connectivity index (χ3v) is 4.75. The van der Waals surface area contributed by atoms with E-state index in [0.717, 1.165) is 36.3 Å². The summed E-state index contributed by atoms with van der Waals surface area (Å²) in [7, 11) is 0. The lowest BCUT2D eigenvalue weighted by Gasteiger charge is -2.08. The number of nitrogens with one attached hydrogen (secondary N) is 2. The van der Waals surface area contributed by atoms with Gasteiger partial charge in [-0.1, -0.05) is 56.0 Å². The number of aryl methyl sites for hydroxylation is 1. The van der Waals surface area contributed by atoms with E-state index in [1.807, 2.05) is 48.5 Å². The van der Waals surface area contributed by atoms with Gasteiger partial charge in [0, 0.05) is 23.4 Å². The molecule has 0 saturated carbocycles. The first kappa shape index (κ1) is 20.5. The summed E-state index contributed by atoms with van der Waals surface area (Å²) in [6.07, 6.45) is 4.59. The van der Waals surface area contributed by atoms with Gasteiger partial charge in [0.25, 0.3) is 5.91 Å². The molecule has 29 heavy (non-hydrogen) atoms. The third kappa shape index (κ3) is 6.14. The van der Waals surface area contributed by atoms with Crippen molar-refractivity contribution in [2.75, 3.05) is 11.9 Å². The fraction of sp³-hybridized carbons (Fsp3) is 0.292. The average Bonchev–Trinajstić information content (AvgIpc) is 2.75. The quantitative estimate of drug-likeness (QED) is 0.475. The monoisotopic (exact) mass is 388 g/mol. The minimum atomic E-state index is -0.0321. The van der Waals surface area contributed by atoms with Gasteiger partial charge < -0.3 is 10.6 Å². The molecule has 5 nitrogen and oxygen atoms in total. The molecule has 3 aromatic rings. The first-order valence-corrected chi connectivity index (χ1v) is 10.2. The molecule has 5 heteroatoms. The molecular weight excluding hydrogens is 360 g/mol. The summed E-state index contributed by atoms with van der Waals surface area (Å²) in [6.45, 7) is 4.96. The number of hydrogen-bond acceptors (Lipinski definition) is 4. The molecule has 1 heterocycles. The number of benzene rings is 2. The first-order valence-electron chi connectivity index (χ1n) is 10.2. The van der Waals surface area contributed by atoms with E-state index in [1.165, 1.54) is 18.4 Å². The van der Waals surface area contributed by atoms with E-state index in [4.69, 9.17) is 0 Å².